The van der Waals surface area contributed by atoms with Gasteiger partial charge < -0.3 is 9.64 Å². The van der Waals surface area contributed by atoms with E-state index in [4.69, 9.17) is 4.74 Å². The molecule has 34 heavy (non-hydrogen) atoms. The van der Waals surface area contributed by atoms with Crippen molar-refractivity contribution in [2.45, 2.75) is 32.2 Å². The number of benzene rings is 2. The summed E-state index contributed by atoms with van der Waals surface area (Å²) in [5.74, 6) is 0.247. The number of aromatic nitrogens is 3. The number of carbonyl (C=O) groups is 1. The average molecular weight is 463 g/mol. The second-order valence-electron chi connectivity index (χ2n) is 8.37. The molecule has 5 rings (SSSR count). The zero-order valence-electron chi connectivity index (χ0n) is 18.9. The molecule has 0 N–H and O–H groups in total. The fraction of sp³-hybridized carbons (Fsp3) is 0.269. The smallest absolute Gasteiger partial charge is 0.280 e. The molecule has 1 saturated heterocycles. The maximum absolute atomic E-state index is 14.0. The molecule has 1 amide bonds. The molecule has 1 fully saturated rings. The summed E-state index contributed by atoms with van der Waals surface area (Å²) in [6, 6.07) is 16.3. The molecule has 1 aliphatic rings. The van der Waals surface area contributed by atoms with Crippen LogP contribution in [0.5, 0.6) is 5.75 Å². The van der Waals surface area contributed by atoms with Gasteiger partial charge in [0.1, 0.15) is 17.0 Å². The van der Waals surface area contributed by atoms with Gasteiger partial charge in [0.2, 0.25) is 0 Å². The molecular formula is C26H24F2N4O2. The van der Waals surface area contributed by atoms with Crippen molar-refractivity contribution in [3.8, 4) is 17.0 Å². The Labute approximate surface area is 195 Å². The molecule has 2 aromatic heterocycles. The number of carbonyl (C=O) groups excluding carboxylic acids is 1. The Hall–Kier alpha value is -3.81. The molecule has 174 valence electrons. The van der Waals surface area contributed by atoms with Crippen LogP contribution in [-0.4, -0.2) is 39.1 Å². The van der Waals surface area contributed by atoms with Crippen molar-refractivity contribution in [2.24, 2.45) is 0 Å². The van der Waals surface area contributed by atoms with E-state index in [0.29, 0.717) is 23.6 Å². The van der Waals surface area contributed by atoms with Gasteiger partial charge in [-0.05, 0) is 49.1 Å². The molecule has 0 aliphatic carbocycles. The summed E-state index contributed by atoms with van der Waals surface area (Å²) in [5, 5.41) is 4.12. The predicted octanol–water partition coefficient (Wildman–Crippen LogP) is 5.63. The van der Waals surface area contributed by atoms with Crippen molar-refractivity contribution in [1.29, 1.82) is 0 Å². The minimum absolute atomic E-state index is 0.0735. The summed E-state index contributed by atoms with van der Waals surface area (Å²) in [7, 11) is 1.51. The van der Waals surface area contributed by atoms with Crippen LogP contribution in [0.25, 0.3) is 16.9 Å². The highest BCUT2D eigenvalue weighted by atomic mass is 19.3. The van der Waals surface area contributed by atoms with Gasteiger partial charge in [-0.25, -0.2) is 18.3 Å². The molecule has 2 aromatic carbocycles. The highest BCUT2D eigenvalue weighted by Crippen LogP contribution is 2.36. The van der Waals surface area contributed by atoms with E-state index in [-0.39, 0.29) is 28.9 Å². The van der Waals surface area contributed by atoms with Crippen molar-refractivity contribution in [3.63, 3.8) is 0 Å². The van der Waals surface area contributed by atoms with Crippen LogP contribution in [0.4, 0.5) is 8.78 Å². The number of hydrogen-bond donors (Lipinski definition) is 0. The Kier molecular flexibility index (Phi) is 5.73. The van der Waals surface area contributed by atoms with Crippen LogP contribution < -0.4 is 4.74 Å². The first kappa shape index (κ1) is 22.0. The molecule has 0 bridgehead atoms. The van der Waals surface area contributed by atoms with E-state index >= 15 is 0 Å². The van der Waals surface area contributed by atoms with E-state index in [9.17, 15) is 13.6 Å². The largest absolute Gasteiger partial charge is 0.496 e. The zero-order chi connectivity index (χ0) is 23.8. The fourth-order valence-corrected chi connectivity index (χ4v) is 4.74. The average Bonchev–Trinajstić information content (AvgIpc) is 3.50. The van der Waals surface area contributed by atoms with E-state index < -0.39 is 6.43 Å². The molecular weight excluding hydrogens is 438 g/mol. The second kappa shape index (κ2) is 8.85. The predicted molar refractivity (Wildman–Crippen MR) is 124 cm³/mol. The summed E-state index contributed by atoms with van der Waals surface area (Å²) in [6.45, 7) is 2.62. The lowest BCUT2D eigenvalue weighted by molar-refractivity contribution is 0.0737. The third kappa shape index (κ3) is 3.69. The summed E-state index contributed by atoms with van der Waals surface area (Å²) < 4.78 is 34.5. The summed E-state index contributed by atoms with van der Waals surface area (Å²) in [6.07, 6.45) is 0.258. The Morgan fingerprint density at radius 1 is 1.15 bits per heavy atom. The Bertz CT molecular complexity index is 1370. The number of ether oxygens (including phenoxy) is 1. The van der Waals surface area contributed by atoms with Crippen LogP contribution >= 0.6 is 0 Å². The van der Waals surface area contributed by atoms with Gasteiger partial charge in [0.25, 0.3) is 12.3 Å². The zero-order valence-corrected chi connectivity index (χ0v) is 18.9. The lowest BCUT2D eigenvalue weighted by Crippen LogP contribution is -2.31. The van der Waals surface area contributed by atoms with Gasteiger partial charge >= 0.3 is 0 Å². The monoisotopic (exact) mass is 462 g/mol. The summed E-state index contributed by atoms with van der Waals surface area (Å²) in [4.78, 5) is 20.1. The van der Waals surface area contributed by atoms with Crippen LogP contribution in [0.2, 0.25) is 0 Å². The third-order valence-corrected chi connectivity index (χ3v) is 6.40. The third-order valence-electron chi connectivity index (χ3n) is 6.40. The van der Waals surface area contributed by atoms with E-state index in [0.717, 1.165) is 28.5 Å². The number of methoxy groups -OCH3 is 1. The van der Waals surface area contributed by atoms with Crippen LogP contribution in [0.3, 0.4) is 0 Å². The van der Waals surface area contributed by atoms with Gasteiger partial charge in [-0.2, -0.15) is 5.10 Å². The summed E-state index contributed by atoms with van der Waals surface area (Å²) >= 11 is 0. The Morgan fingerprint density at radius 3 is 2.68 bits per heavy atom. The number of hydrogen-bond acceptors (Lipinski definition) is 4. The van der Waals surface area contributed by atoms with E-state index in [1.807, 2.05) is 31.2 Å². The van der Waals surface area contributed by atoms with Gasteiger partial charge in [0, 0.05) is 12.1 Å². The normalized spacial score (nSPS) is 15.9. The number of amides is 1. The van der Waals surface area contributed by atoms with Crippen LogP contribution in [-0.2, 0) is 0 Å². The number of para-hydroxylation sites is 1. The van der Waals surface area contributed by atoms with Gasteiger partial charge in [0.05, 0.1) is 25.0 Å². The van der Waals surface area contributed by atoms with Crippen molar-refractivity contribution >= 4 is 11.6 Å². The molecule has 0 spiro atoms. The van der Waals surface area contributed by atoms with E-state index in [1.165, 1.54) is 19.4 Å². The van der Waals surface area contributed by atoms with Gasteiger partial charge in [-0.1, -0.05) is 36.4 Å². The maximum atomic E-state index is 14.0. The number of likely N-dealkylation sites (tertiary alicyclic amines) is 1. The standard InChI is InChI=1S/C26H24F2N4O2/c1-16-8-3-4-9-17(16)21-11-7-13-31(21)26(33)19-15-29-32-22(24(27)28)14-20(30-25(19)32)18-10-5-6-12-23(18)34-2/h3-6,8-10,12,14-15,21,24H,7,11,13H2,1-2H3. The molecule has 0 saturated carbocycles. The minimum atomic E-state index is -2.80. The number of alkyl halides is 2. The SMILES string of the molecule is COc1ccccc1-c1cc(C(F)F)n2ncc(C(=O)N3CCCC3c3ccccc3C)c2n1. The number of nitrogens with zero attached hydrogens (tertiary/aromatic N) is 4. The molecule has 4 aromatic rings. The number of aryl methyl sites for hydroxylation is 1. The van der Waals surface area contributed by atoms with Crippen molar-refractivity contribution in [2.75, 3.05) is 13.7 Å². The molecule has 3 heterocycles. The number of halogens is 2. The highest BCUT2D eigenvalue weighted by Gasteiger charge is 2.33. The minimum Gasteiger partial charge on any atom is -0.496 e. The molecule has 1 aliphatic heterocycles. The quantitative estimate of drug-likeness (QED) is 0.386. The van der Waals surface area contributed by atoms with Gasteiger partial charge in [-0.3, -0.25) is 4.79 Å². The Balaban J connectivity index is 1.62. The first-order valence-electron chi connectivity index (χ1n) is 11.2. The van der Waals surface area contributed by atoms with E-state index in [1.54, 1.807) is 29.2 Å². The first-order valence-corrected chi connectivity index (χ1v) is 11.2. The van der Waals surface area contributed by atoms with Crippen molar-refractivity contribution < 1.29 is 18.3 Å². The molecule has 6 nitrogen and oxygen atoms in total. The van der Waals surface area contributed by atoms with Crippen LogP contribution in [0.15, 0.2) is 60.8 Å². The Morgan fingerprint density at radius 2 is 1.91 bits per heavy atom. The highest BCUT2D eigenvalue weighted by molar-refractivity contribution is 6.00. The number of fused-ring (bicyclic) bond motifs is 1. The van der Waals surface area contributed by atoms with Crippen LogP contribution in [0.1, 0.15) is 52.5 Å². The lowest BCUT2D eigenvalue weighted by atomic mass is 9.99. The van der Waals surface area contributed by atoms with Crippen LogP contribution in [0, 0.1) is 6.92 Å². The molecule has 0 radical (unpaired) electrons. The maximum Gasteiger partial charge on any atom is 0.280 e. The van der Waals surface area contributed by atoms with Gasteiger partial charge in [-0.15, -0.1) is 0 Å². The molecule has 8 heteroatoms. The van der Waals surface area contributed by atoms with Gasteiger partial charge in [0.15, 0.2) is 5.65 Å². The number of rotatable bonds is 5. The lowest BCUT2D eigenvalue weighted by Gasteiger charge is -2.26. The topological polar surface area (TPSA) is 59.7 Å². The van der Waals surface area contributed by atoms with E-state index in [2.05, 4.69) is 10.1 Å². The first-order chi connectivity index (χ1) is 16.5. The molecule has 1 atom stereocenters. The van der Waals surface area contributed by atoms with Crippen molar-refractivity contribution in [1.82, 2.24) is 19.5 Å². The second-order valence-corrected chi connectivity index (χ2v) is 8.37. The summed E-state index contributed by atoms with van der Waals surface area (Å²) in [5.41, 5.74) is 3.06. The fourth-order valence-electron chi connectivity index (χ4n) is 4.74. The molecule has 1 unspecified atom stereocenters. The van der Waals surface area contributed by atoms with Crippen molar-refractivity contribution in [3.05, 3.63) is 83.2 Å².